The monoisotopic (exact) mass is 215 g/mol. The smallest absolute Gasteiger partial charge is 0.327 e. The number of nitrogens with zero attached hydrogens (tertiary/aromatic N) is 1. The van der Waals surface area contributed by atoms with Gasteiger partial charge in [0.2, 0.25) is 0 Å². The normalized spacial score (nSPS) is 30.5. The molecule has 0 aromatic rings. The van der Waals surface area contributed by atoms with Crippen LogP contribution in [0.1, 0.15) is 19.3 Å². The lowest BCUT2D eigenvalue weighted by atomic mass is 10.2. The average molecular weight is 215 g/mol. The summed E-state index contributed by atoms with van der Waals surface area (Å²) in [6.45, 7) is 2.58. The lowest BCUT2D eigenvalue weighted by Crippen LogP contribution is -2.43. The van der Waals surface area contributed by atoms with Crippen LogP contribution in [0.15, 0.2) is 0 Å². The Labute approximate surface area is 88.6 Å². The first-order valence-corrected chi connectivity index (χ1v) is 5.31. The molecule has 15 heavy (non-hydrogen) atoms. The summed E-state index contributed by atoms with van der Waals surface area (Å²) in [4.78, 5) is 17.7. The van der Waals surface area contributed by atoms with E-state index in [1.807, 2.05) is 5.59 Å². The maximum Gasteiger partial charge on any atom is 0.327 e. The quantitative estimate of drug-likeness (QED) is 0.470. The summed E-state index contributed by atoms with van der Waals surface area (Å²) >= 11 is 0. The number of nitrogens with one attached hydrogen (secondary N) is 1. The van der Waals surface area contributed by atoms with Crippen LogP contribution >= 0.6 is 0 Å². The molecule has 2 atom stereocenters. The van der Waals surface area contributed by atoms with E-state index in [9.17, 15) is 4.79 Å². The number of hydrogen-bond donors (Lipinski definition) is 2. The van der Waals surface area contributed by atoms with Crippen LogP contribution in [0.25, 0.3) is 0 Å². The molecule has 0 saturated carbocycles. The minimum absolute atomic E-state index is 0.323. The number of carbonyl (C=O) groups excluding carboxylic acids is 1. The van der Waals surface area contributed by atoms with Gasteiger partial charge in [0.05, 0.1) is 18.6 Å². The van der Waals surface area contributed by atoms with Crippen molar-refractivity contribution in [1.29, 1.82) is 0 Å². The zero-order valence-electron chi connectivity index (χ0n) is 8.65. The molecule has 0 aromatic carbocycles. The van der Waals surface area contributed by atoms with Gasteiger partial charge in [0.15, 0.2) is 0 Å². The summed E-state index contributed by atoms with van der Waals surface area (Å²) in [6, 6.07) is 0. The van der Waals surface area contributed by atoms with E-state index in [-0.39, 0.29) is 5.97 Å². The van der Waals surface area contributed by atoms with Crippen LogP contribution in [0.4, 0.5) is 0 Å². The topological polar surface area (TPSA) is 76.8 Å². The highest BCUT2D eigenvalue weighted by molar-refractivity contribution is 5.69. The first kappa shape index (κ1) is 10.8. The highest BCUT2D eigenvalue weighted by atomic mass is 16.7. The first-order valence-electron chi connectivity index (χ1n) is 5.31. The third kappa shape index (κ3) is 2.88. The van der Waals surface area contributed by atoms with Crippen molar-refractivity contribution >= 4 is 5.97 Å². The molecule has 86 valence electrons. The van der Waals surface area contributed by atoms with E-state index in [2.05, 4.69) is 9.74 Å². The van der Waals surface area contributed by atoms with Gasteiger partial charge in [-0.1, -0.05) is 5.59 Å². The van der Waals surface area contributed by atoms with Crippen LogP contribution in [-0.2, 0) is 14.4 Å². The molecule has 0 amide bonds. The fourth-order valence-electron chi connectivity index (χ4n) is 2.25. The summed E-state index contributed by atoms with van der Waals surface area (Å²) < 4.78 is 5.69. The minimum Gasteiger partial charge on any atom is -0.372 e. The molecule has 2 fully saturated rings. The van der Waals surface area contributed by atoms with Crippen molar-refractivity contribution in [3.8, 4) is 0 Å². The van der Waals surface area contributed by atoms with Gasteiger partial charge < -0.3 is 9.57 Å². The van der Waals surface area contributed by atoms with Crippen LogP contribution in [0.3, 0.4) is 0 Å². The third-order valence-electron chi connectivity index (χ3n) is 2.92. The number of ether oxygens (including phenoxy) is 1. The molecular formula is C9H17N3O3. The molecule has 6 nitrogen and oxygen atoms in total. The van der Waals surface area contributed by atoms with Crippen molar-refractivity contribution in [2.75, 3.05) is 19.6 Å². The molecule has 2 rings (SSSR count). The maximum atomic E-state index is 11.0. The predicted molar refractivity (Wildman–Crippen MR) is 52.4 cm³/mol. The average Bonchev–Trinajstić information content (AvgIpc) is 2.56. The summed E-state index contributed by atoms with van der Waals surface area (Å²) in [7, 11) is 0. The SMILES string of the molecule is NNOC(=O)CCN1CC2CCC(C1)O2. The molecular weight excluding hydrogens is 198 g/mol. The Morgan fingerprint density at radius 2 is 2.13 bits per heavy atom. The van der Waals surface area contributed by atoms with Crippen molar-refractivity contribution in [2.24, 2.45) is 5.84 Å². The summed E-state index contributed by atoms with van der Waals surface area (Å²) in [6.07, 6.45) is 3.40. The van der Waals surface area contributed by atoms with Gasteiger partial charge in [-0.15, -0.1) is 0 Å². The van der Waals surface area contributed by atoms with E-state index in [0.29, 0.717) is 18.6 Å². The summed E-state index contributed by atoms with van der Waals surface area (Å²) in [5.74, 6) is 4.54. The number of hydrogen-bond acceptors (Lipinski definition) is 6. The molecule has 0 spiro atoms. The minimum atomic E-state index is -0.323. The number of carbonyl (C=O) groups is 1. The van der Waals surface area contributed by atoms with Crippen molar-refractivity contribution in [1.82, 2.24) is 10.5 Å². The van der Waals surface area contributed by atoms with Gasteiger partial charge in [0.1, 0.15) is 0 Å². The van der Waals surface area contributed by atoms with E-state index in [1.165, 1.54) is 0 Å². The van der Waals surface area contributed by atoms with Crippen molar-refractivity contribution in [2.45, 2.75) is 31.5 Å². The van der Waals surface area contributed by atoms with Crippen LogP contribution in [0.2, 0.25) is 0 Å². The Balaban J connectivity index is 1.69. The first-order chi connectivity index (χ1) is 7.28. The fraction of sp³-hybridized carbons (Fsp3) is 0.889. The van der Waals surface area contributed by atoms with E-state index >= 15 is 0 Å². The van der Waals surface area contributed by atoms with Gasteiger partial charge in [-0.05, 0) is 12.8 Å². The molecule has 2 aliphatic heterocycles. The second-order valence-corrected chi connectivity index (χ2v) is 4.06. The Hall–Kier alpha value is -0.690. The molecule has 0 radical (unpaired) electrons. The van der Waals surface area contributed by atoms with Gasteiger partial charge in [0, 0.05) is 19.6 Å². The van der Waals surface area contributed by atoms with Gasteiger partial charge in [-0.25, -0.2) is 5.84 Å². The fourth-order valence-corrected chi connectivity index (χ4v) is 2.25. The van der Waals surface area contributed by atoms with Crippen molar-refractivity contribution in [3.63, 3.8) is 0 Å². The van der Waals surface area contributed by atoms with Crippen LogP contribution in [-0.4, -0.2) is 42.7 Å². The van der Waals surface area contributed by atoms with Gasteiger partial charge in [-0.2, -0.15) is 0 Å². The lowest BCUT2D eigenvalue weighted by molar-refractivity contribution is -0.152. The largest absolute Gasteiger partial charge is 0.372 e. The van der Waals surface area contributed by atoms with Crippen LogP contribution < -0.4 is 11.4 Å². The highest BCUT2D eigenvalue weighted by Gasteiger charge is 2.33. The van der Waals surface area contributed by atoms with Crippen molar-refractivity contribution < 1.29 is 14.4 Å². The number of hydrazine groups is 1. The lowest BCUT2D eigenvalue weighted by Gasteiger charge is -2.31. The van der Waals surface area contributed by atoms with Gasteiger partial charge >= 0.3 is 5.97 Å². The highest BCUT2D eigenvalue weighted by Crippen LogP contribution is 2.26. The van der Waals surface area contributed by atoms with Crippen molar-refractivity contribution in [3.05, 3.63) is 0 Å². The maximum absolute atomic E-state index is 11.0. The Kier molecular flexibility index (Phi) is 3.53. The zero-order chi connectivity index (χ0) is 10.7. The van der Waals surface area contributed by atoms with Gasteiger partial charge in [-0.3, -0.25) is 9.69 Å². The number of fused-ring (bicyclic) bond motifs is 2. The molecule has 6 heteroatoms. The number of nitrogens with two attached hydrogens (primary N) is 1. The van der Waals surface area contributed by atoms with E-state index in [4.69, 9.17) is 10.6 Å². The van der Waals surface area contributed by atoms with E-state index in [1.54, 1.807) is 0 Å². The Morgan fingerprint density at radius 1 is 1.47 bits per heavy atom. The van der Waals surface area contributed by atoms with Crippen LogP contribution in [0, 0.1) is 0 Å². The number of rotatable bonds is 4. The van der Waals surface area contributed by atoms with Gasteiger partial charge in [0.25, 0.3) is 0 Å². The predicted octanol–water partition coefficient (Wildman–Crippen LogP) is -0.839. The standard InChI is InChI=1S/C9H17N3O3/c10-11-15-9(13)3-4-12-5-7-1-2-8(6-12)14-7/h7-8,11H,1-6,10H2. The summed E-state index contributed by atoms with van der Waals surface area (Å²) in [5.41, 5.74) is 1.89. The second kappa shape index (κ2) is 4.89. The molecule has 2 heterocycles. The van der Waals surface area contributed by atoms with E-state index < -0.39 is 0 Å². The third-order valence-corrected chi connectivity index (χ3v) is 2.92. The molecule has 2 saturated heterocycles. The number of morpholine rings is 1. The molecule has 2 bridgehead atoms. The zero-order valence-corrected chi connectivity index (χ0v) is 8.65. The molecule has 2 aliphatic rings. The molecule has 2 unspecified atom stereocenters. The summed E-state index contributed by atoms with van der Waals surface area (Å²) in [5, 5.41) is 0. The molecule has 3 N–H and O–H groups in total. The second-order valence-electron chi connectivity index (χ2n) is 4.06. The Bertz CT molecular complexity index is 225. The van der Waals surface area contributed by atoms with Crippen LogP contribution in [0.5, 0.6) is 0 Å². The Morgan fingerprint density at radius 3 is 2.73 bits per heavy atom. The number of likely N-dealkylation sites (tertiary alicyclic amines) is 1. The molecule has 0 aliphatic carbocycles. The van der Waals surface area contributed by atoms with E-state index in [0.717, 1.165) is 32.5 Å². The molecule has 0 aromatic heterocycles.